The third kappa shape index (κ3) is 7.82. The Bertz CT molecular complexity index is 1150. The highest BCUT2D eigenvalue weighted by Gasteiger charge is 2.22. The third-order valence-corrected chi connectivity index (χ3v) is 5.12. The van der Waals surface area contributed by atoms with E-state index in [-0.39, 0.29) is 25.4 Å². The van der Waals surface area contributed by atoms with E-state index >= 15 is 0 Å². The zero-order chi connectivity index (χ0) is 25.0. The molecule has 0 aliphatic heterocycles. The lowest BCUT2D eigenvalue weighted by Gasteiger charge is -2.17. The Kier molecular flexibility index (Phi) is 9.13. The second-order valence-electron chi connectivity index (χ2n) is 7.65. The van der Waals surface area contributed by atoms with Gasteiger partial charge in [0.15, 0.2) is 5.78 Å². The molecule has 180 valence electrons. The van der Waals surface area contributed by atoms with Crippen molar-refractivity contribution < 1.29 is 28.7 Å². The van der Waals surface area contributed by atoms with E-state index in [4.69, 9.17) is 9.47 Å². The second kappa shape index (κ2) is 12.7. The molecule has 3 aromatic carbocycles. The summed E-state index contributed by atoms with van der Waals surface area (Å²) in [6.45, 7) is -0.298. The number of alkyl carbamates (subject to hydrolysis) is 1. The maximum Gasteiger partial charge on any atom is 0.407 e. The zero-order valence-electron chi connectivity index (χ0n) is 19.2. The van der Waals surface area contributed by atoms with Gasteiger partial charge in [0.05, 0.1) is 7.11 Å². The van der Waals surface area contributed by atoms with Gasteiger partial charge < -0.3 is 20.1 Å². The molecule has 0 aliphatic rings. The number of ether oxygens (including phenoxy) is 2. The molecule has 0 bridgehead atoms. The Morgan fingerprint density at radius 3 is 2.00 bits per heavy atom. The van der Waals surface area contributed by atoms with Crippen molar-refractivity contribution in [3.8, 4) is 0 Å². The number of ketones is 1. The van der Waals surface area contributed by atoms with E-state index in [0.717, 1.165) is 11.1 Å². The number of hydrogen-bond donors (Lipinski definition) is 2. The normalized spacial score (nSPS) is 11.1. The van der Waals surface area contributed by atoms with Crippen LogP contribution in [-0.2, 0) is 32.1 Å². The van der Waals surface area contributed by atoms with Gasteiger partial charge in [-0.15, -0.1) is 0 Å². The van der Waals surface area contributed by atoms with Crippen LogP contribution in [-0.4, -0.2) is 43.4 Å². The van der Waals surface area contributed by atoms with Crippen LogP contribution in [0.4, 0.5) is 4.79 Å². The molecular formula is C27H26N2O6. The summed E-state index contributed by atoms with van der Waals surface area (Å²) in [5.74, 6) is -1.32. The van der Waals surface area contributed by atoms with E-state index in [9.17, 15) is 19.2 Å². The van der Waals surface area contributed by atoms with E-state index in [0.29, 0.717) is 11.1 Å². The smallest absolute Gasteiger partial charge is 0.407 e. The SMILES string of the molecule is COC(=O)[C@@H](Cc1ccc(C(=O)c2ccccc2)cc1)NC(=O)CNC(=O)OCc1ccccc1. The first-order valence-electron chi connectivity index (χ1n) is 11.0. The molecule has 0 saturated carbocycles. The fraction of sp³-hybridized carbons (Fsp3) is 0.185. The Hall–Kier alpha value is -4.46. The molecule has 0 spiro atoms. The zero-order valence-corrected chi connectivity index (χ0v) is 19.2. The lowest BCUT2D eigenvalue weighted by atomic mass is 9.99. The van der Waals surface area contributed by atoms with Crippen molar-refractivity contribution in [1.82, 2.24) is 10.6 Å². The maximum atomic E-state index is 12.6. The molecule has 3 rings (SSSR count). The van der Waals surface area contributed by atoms with Crippen LogP contribution >= 0.6 is 0 Å². The number of hydrogen-bond acceptors (Lipinski definition) is 6. The highest BCUT2D eigenvalue weighted by Crippen LogP contribution is 2.13. The first kappa shape index (κ1) is 25.2. The van der Waals surface area contributed by atoms with Crippen LogP contribution in [0.5, 0.6) is 0 Å². The van der Waals surface area contributed by atoms with Gasteiger partial charge in [0.2, 0.25) is 5.91 Å². The minimum atomic E-state index is -0.967. The average Bonchev–Trinajstić information content (AvgIpc) is 2.91. The predicted molar refractivity (Wildman–Crippen MR) is 129 cm³/mol. The quantitative estimate of drug-likeness (QED) is 0.345. The predicted octanol–water partition coefficient (Wildman–Crippen LogP) is 3.04. The largest absolute Gasteiger partial charge is 0.467 e. The van der Waals surface area contributed by atoms with Crippen LogP contribution in [0.25, 0.3) is 0 Å². The van der Waals surface area contributed by atoms with Crippen molar-refractivity contribution in [3.05, 3.63) is 107 Å². The molecule has 2 N–H and O–H groups in total. The molecule has 3 aromatic rings. The van der Waals surface area contributed by atoms with Gasteiger partial charge in [0, 0.05) is 17.5 Å². The number of rotatable bonds is 10. The van der Waals surface area contributed by atoms with Crippen LogP contribution in [0.15, 0.2) is 84.9 Å². The summed E-state index contributed by atoms with van der Waals surface area (Å²) in [6, 6.07) is 23.8. The highest BCUT2D eigenvalue weighted by atomic mass is 16.5. The van der Waals surface area contributed by atoms with Crippen LogP contribution in [0.1, 0.15) is 27.0 Å². The van der Waals surface area contributed by atoms with E-state index in [1.807, 2.05) is 36.4 Å². The molecule has 0 fully saturated rings. The van der Waals surface area contributed by atoms with Crippen molar-refractivity contribution in [1.29, 1.82) is 0 Å². The van der Waals surface area contributed by atoms with Crippen LogP contribution in [0, 0.1) is 0 Å². The van der Waals surface area contributed by atoms with Crippen molar-refractivity contribution in [3.63, 3.8) is 0 Å². The van der Waals surface area contributed by atoms with E-state index in [2.05, 4.69) is 10.6 Å². The monoisotopic (exact) mass is 474 g/mol. The molecule has 0 saturated heterocycles. The summed E-state index contributed by atoms with van der Waals surface area (Å²) >= 11 is 0. The number of amides is 2. The minimum absolute atomic E-state index is 0.0713. The molecule has 0 aromatic heterocycles. The minimum Gasteiger partial charge on any atom is -0.467 e. The van der Waals surface area contributed by atoms with Gasteiger partial charge >= 0.3 is 12.1 Å². The average molecular weight is 475 g/mol. The number of carbonyl (C=O) groups is 4. The Balaban J connectivity index is 1.52. The summed E-state index contributed by atoms with van der Waals surface area (Å²) in [4.78, 5) is 48.9. The molecule has 8 heteroatoms. The standard InChI is InChI=1S/C27H26N2O6/c1-34-26(32)23(29-24(30)17-28-27(33)35-18-20-8-4-2-5-9-20)16-19-12-14-22(15-13-19)25(31)21-10-6-3-7-11-21/h2-15,23H,16-18H2,1H3,(H,28,33)(H,29,30)/t23-/m1/s1. The summed E-state index contributed by atoms with van der Waals surface area (Å²) in [7, 11) is 1.22. The van der Waals surface area contributed by atoms with Gasteiger partial charge in [-0.1, -0.05) is 84.9 Å². The first-order valence-corrected chi connectivity index (χ1v) is 11.0. The number of benzene rings is 3. The van der Waals surface area contributed by atoms with Crippen molar-refractivity contribution >= 4 is 23.8 Å². The Morgan fingerprint density at radius 1 is 0.771 bits per heavy atom. The van der Waals surface area contributed by atoms with Gasteiger partial charge in [-0.3, -0.25) is 9.59 Å². The second-order valence-corrected chi connectivity index (χ2v) is 7.65. The van der Waals surface area contributed by atoms with Crippen LogP contribution < -0.4 is 10.6 Å². The summed E-state index contributed by atoms with van der Waals surface area (Å²) in [5.41, 5.74) is 2.63. The number of nitrogens with one attached hydrogen (secondary N) is 2. The number of methoxy groups -OCH3 is 1. The van der Waals surface area contributed by atoms with Crippen molar-refractivity contribution in [2.75, 3.05) is 13.7 Å². The van der Waals surface area contributed by atoms with Crippen LogP contribution in [0.2, 0.25) is 0 Å². The lowest BCUT2D eigenvalue weighted by Crippen LogP contribution is -2.47. The Morgan fingerprint density at radius 2 is 1.37 bits per heavy atom. The molecule has 35 heavy (non-hydrogen) atoms. The highest BCUT2D eigenvalue weighted by molar-refractivity contribution is 6.08. The van der Waals surface area contributed by atoms with Gasteiger partial charge in [0.1, 0.15) is 19.2 Å². The lowest BCUT2D eigenvalue weighted by molar-refractivity contribution is -0.144. The van der Waals surface area contributed by atoms with E-state index in [1.54, 1.807) is 48.5 Å². The summed E-state index contributed by atoms with van der Waals surface area (Å²) in [5, 5.41) is 4.91. The van der Waals surface area contributed by atoms with E-state index < -0.39 is 24.0 Å². The van der Waals surface area contributed by atoms with Gasteiger partial charge in [-0.25, -0.2) is 9.59 Å². The maximum absolute atomic E-state index is 12.6. The molecule has 0 radical (unpaired) electrons. The first-order chi connectivity index (χ1) is 17.0. The molecule has 0 heterocycles. The summed E-state index contributed by atoms with van der Waals surface area (Å²) < 4.78 is 9.86. The van der Waals surface area contributed by atoms with Crippen molar-refractivity contribution in [2.24, 2.45) is 0 Å². The van der Waals surface area contributed by atoms with Gasteiger partial charge in [-0.05, 0) is 11.1 Å². The summed E-state index contributed by atoms with van der Waals surface area (Å²) in [6.07, 6.45) is -0.603. The topological polar surface area (TPSA) is 111 Å². The van der Waals surface area contributed by atoms with Crippen LogP contribution in [0.3, 0.4) is 0 Å². The van der Waals surface area contributed by atoms with E-state index in [1.165, 1.54) is 7.11 Å². The molecule has 2 amide bonds. The Labute approximate surface area is 203 Å². The van der Waals surface area contributed by atoms with Gasteiger partial charge in [0.25, 0.3) is 0 Å². The molecule has 8 nitrogen and oxygen atoms in total. The number of carbonyl (C=O) groups excluding carboxylic acids is 4. The number of esters is 1. The molecule has 0 unspecified atom stereocenters. The molecule has 1 atom stereocenters. The fourth-order valence-corrected chi connectivity index (χ4v) is 3.29. The molecule has 0 aliphatic carbocycles. The third-order valence-electron chi connectivity index (χ3n) is 5.12. The van der Waals surface area contributed by atoms with Crippen molar-refractivity contribution in [2.45, 2.75) is 19.1 Å². The van der Waals surface area contributed by atoms with Gasteiger partial charge in [-0.2, -0.15) is 0 Å². The fourth-order valence-electron chi connectivity index (χ4n) is 3.29. The molecular weight excluding hydrogens is 448 g/mol.